The van der Waals surface area contributed by atoms with Gasteiger partial charge >= 0.3 is 0 Å². The van der Waals surface area contributed by atoms with Crippen molar-refractivity contribution < 1.29 is 0 Å². The van der Waals surface area contributed by atoms with Crippen molar-refractivity contribution in [1.29, 1.82) is 0 Å². The molecular formula is C19H20N4OS. The number of H-pyrrole nitrogens is 1. The number of rotatable bonds is 5. The molecule has 0 spiro atoms. The van der Waals surface area contributed by atoms with Crippen LogP contribution >= 0.6 is 11.3 Å². The van der Waals surface area contributed by atoms with Crippen molar-refractivity contribution in [2.75, 3.05) is 4.90 Å². The van der Waals surface area contributed by atoms with Crippen LogP contribution in [0.25, 0.3) is 11.4 Å². The lowest BCUT2D eigenvalue weighted by Gasteiger charge is -2.23. The summed E-state index contributed by atoms with van der Waals surface area (Å²) in [6, 6.07) is 8.84. The first kappa shape index (κ1) is 16.0. The molecule has 1 saturated carbocycles. The first-order chi connectivity index (χ1) is 12.1. The highest BCUT2D eigenvalue weighted by Crippen LogP contribution is 2.33. The largest absolute Gasteiger partial charge is 0.348 e. The van der Waals surface area contributed by atoms with Crippen molar-refractivity contribution in [2.45, 2.75) is 39.3 Å². The van der Waals surface area contributed by atoms with Crippen LogP contribution in [0.3, 0.4) is 0 Å². The molecule has 3 heterocycles. The summed E-state index contributed by atoms with van der Waals surface area (Å²) < 4.78 is 0. The van der Waals surface area contributed by atoms with Crippen LogP contribution < -0.4 is 10.5 Å². The molecular weight excluding hydrogens is 332 g/mol. The van der Waals surface area contributed by atoms with Gasteiger partial charge in [-0.05, 0) is 50.3 Å². The number of hydrogen-bond acceptors (Lipinski definition) is 5. The summed E-state index contributed by atoms with van der Waals surface area (Å²) in [6.07, 6.45) is 4.24. The Kier molecular flexibility index (Phi) is 4.13. The third-order valence-electron chi connectivity index (χ3n) is 4.60. The molecule has 0 amide bonds. The topological polar surface area (TPSA) is 61.9 Å². The number of anilines is 1. The molecule has 0 aromatic carbocycles. The Morgan fingerprint density at radius 3 is 2.72 bits per heavy atom. The Hall–Kier alpha value is -2.47. The van der Waals surface area contributed by atoms with Crippen molar-refractivity contribution in [3.8, 4) is 11.4 Å². The smallest absolute Gasteiger partial charge is 0.254 e. The molecule has 0 bridgehead atoms. The summed E-state index contributed by atoms with van der Waals surface area (Å²) in [5.74, 6) is 1.55. The van der Waals surface area contributed by atoms with Gasteiger partial charge in [0.2, 0.25) is 0 Å². The molecule has 4 rings (SSSR count). The third-order valence-corrected chi connectivity index (χ3v) is 5.47. The SMILES string of the molecule is Cc1nc(-c2ccc(N(Cc3cccs3)C3CC3)nc2)[nH]c(=O)c1C. The lowest BCUT2D eigenvalue weighted by molar-refractivity contribution is 0.786. The summed E-state index contributed by atoms with van der Waals surface area (Å²) in [4.78, 5) is 27.6. The summed E-state index contributed by atoms with van der Waals surface area (Å²) in [7, 11) is 0. The molecule has 0 radical (unpaired) electrons. The molecule has 0 aliphatic heterocycles. The van der Waals surface area contributed by atoms with Gasteiger partial charge in [-0.3, -0.25) is 4.79 Å². The van der Waals surface area contributed by atoms with E-state index in [9.17, 15) is 4.79 Å². The molecule has 5 nitrogen and oxygen atoms in total. The van der Waals surface area contributed by atoms with E-state index in [4.69, 9.17) is 0 Å². The summed E-state index contributed by atoms with van der Waals surface area (Å²) in [6.45, 7) is 4.53. The second-order valence-electron chi connectivity index (χ2n) is 6.47. The average molecular weight is 352 g/mol. The standard InChI is InChI=1S/C19H20N4OS/c1-12-13(2)21-18(22-19(12)24)14-5-8-17(20-10-14)23(15-6-7-15)11-16-4-3-9-25-16/h3-5,8-10,15H,6-7,11H2,1-2H3,(H,21,22,24). The fourth-order valence-corrected chi connectivity index (χ4v) is 3.53. The first-order valence-corrected chi connectivity index (χ1v) is 9.33. The molecule has 0 atom stereocenters. The van der Waals surface area contributed by atoms with Crippen LogP contribution in [0, 0.1) is 13.8 Å². The number of pyridine rings is 1. The molecule has 0 unspecified atom stereocenters. The molecule has 1 aliphatic carbocycles. The predicted molar refractivity (Wildman–Crippen MR) is 101 cm³/mol. The molecule has 0 saturated heterocycles. The zero-order chi connectivity index (χ0) is 17.4. The minimum atomic E-state index is -0.0936. The molecule has 6 heteroatoms. The average Bonchev–Trinajstić information content (AvgIpc) is 3.33. The lowest BCUT2D eigenvalue weighted by Crippen LogP contribution is -2.25. The maximum absolute atomic E-state index is 12.0. The van der Waals surface area contributed by atoms with E-state index in [-0.39, 0.29) is 5.56 Å². The Bertz CT molecular complexity index is 927. The Balaban J connectivity index is 1.61. The van der Waals surface area contributed by atoms with Crippen molar-refractivity contribution in [1.82, 2.24) is 15.0 Å². The molecule has 128 valence electrons. The zero-order valence-electron chi connectivity index (χ0n) is 14.3. The minimum Gasteiger partial charge on any atom is -0.348 e. The van der Waals surface area contributed by atoms with Gasteiger partial charge in [0, 0.05) is 33.9 Å². The van der Waals surface area contributed by atoms with E-state index in [2.05, 4.69) is 37.4 Å². The second-order valence-corrected chi connectivity index (χ2v) is 7.50. The van der Waals surface area contributed by atoms with Gasteiger partial charge in [-0.15, -0.1) is 11.3 Å². The van der Waals surface area contributed by atoms with Crippen LogP contribution in [0.2, 0.25) is 0 Å². The van der Waals surface area contributed by atoms with E-state index >= 15 is 0 Å². The van der Waals surface area contributed by atoms with E-state index in [1.807, 2.05) is 19.1 Å². The monoisotopic (exact) mass is 352 g/mol. The summed E-state index contributed by atoms with van der Waals surface area (Å²) in [5, 5.41) is 2.11. The number of aryl methyl sites for hydroxylation is 1. The van der Waals surface area contributed by atoms with Gasteiger partial charge in [0.15, 0.2) is 0 Å². The number of aromatic amines is 1. The predicted octanol–water partition coefficient (Wildman–Crippen LogP) is 3.68. The van der Waals surface area contributed by atoms with Crippen LogP contribution in [0.1, 0.15) is 29.0 Å². The number of nitrogens with zero attached hydrogens (tertiary/aromatic N) is 3. The van der Waals surface area contributed by atoms with Crippen LogP contribution in [-0.4, -0.2) is 21.0 Å². The van der Waals surface area contributed by atoms with E-state index in [1.54, 1.807) is 24.5 Å². The number of thiophene rings is 1. The van der Waals surface area contributed by atoms with Gasteiger partial charge < -0.3 is 9.88 Å². The van der Waals surface area contributed by atoms with Crippen LogP contribution in [0.5, 0.6) is 0 Å². The van der Waals surface area contributed by atoms with Gasteiger partial charge in [0.05, 0.1) is 6.54 Å². The van der Waals surface area contributed by atoms with Gasteiger partial charge in [0.1, 0.15) is 11.6 Å². The molecule has 25 heavy (non-hydrogen) atoms. The maximum atomic E-state index is 12.0. The highest BCUT2D eigenvalue weighted by atomic mass is 32.1. The van der Waals surface area contributed by atoms with Gasteiger partial charge in [-0.2, -0.15) is 0 Å². The van der Waals surface area contributed by atoms with E-state index in [1.165, 1.54) is 17.7 Å². The molecule has 3 aromatic heterocycles. The number of hydrogen-bond donors (Lipinski definition) is 1. The third kappa shape index (κ3) is 3.35. The molecule has 1 fully saturated rings. The van der Waals surface area contributed by atoms with Crippen molar-refractivity contribution in [3.05, 3.63) is 62.3 Å². The molecule has 1 N–H and O–H groups in total. The molecule has 3 aromatic rings. The first-order valence-electron chi connectivity index (χ1n) is 8.45. The van der Waals surface area contributed by atoms with E-state index in [0.717, 1.165) is 23.6 Å². The maximum Gasteiger partial charge on any atom is 0.254 e. The second kappa shape index (κ2) is 6.44. The van der Waals surface area contributed by atoms with Crippen molar-refractivity contribution in [2.24, 2.45) is 0 Å². The number of aromatic nitrogens is 3. The van der Waals surface area contributed by atoms with Crippen molar-refractivity contribution >= 4 is 17.2 Å². The lowest BCUT2D eigenvalue weighted by atomic mass is 10.2. The zero-order valence-corrected chi connectivity index (χ0v) is 15.1. The van der Waals surface area contributed by atoms with Crippen molar-refractivity contribution in [3.63, 3.8) is 0 Å². The van der Waals surface area contributed by atoms with Crippen LogP contribution in [0.15, 0.2) is 40.6 Å². The highest BCUT2D eigenvalue weighted by molar-refractivity contribution is 7.09. The summed E-state index contributed by atoms with van der Waals surface area (Å²) >= 11 is 1.78. The van der Waals surface area contributed by atoms with E-state index in [0.29, 0.717) is 17.4 Å². The molecule has 1 aliphatic rings. The Labute approximate surface area is 150 Å². The highest BCUT2D eigenvalue weighted by Gasteiger charge is 2.30. The van der Waals surface area contributed by atoms with E-state index < -0.39 is 0 Å². The summed E-state index contributed by atoms with van der Waals surface area (Å²) in [5.41, 5.74) is 2.14. The van der Waals surface area contributed by atoms with Crippen LogP contribution in [0.4, 0.5) is 5.82 Å². The fraction of sp³-hybridized carbons (Fsp3) is 0.316. The van der Waals surface area contributed by atoms with Gasteiger partial charge in [0.25, 0.3) is 5.56 Å². The Morgan fingerprint density at radius 2 is 2.12 bits per heavy atom. The quantitative estimate of drug-likeness (QED) is 0.761. The normalized spacial score (nSPS) is 13.8. The van der Waals surface area contributed by atoms with Gasteiger partial charge in [-0.1, -0.05) is 6.07 Å². The fourth-order valence-electron chi connectivity index (χ4n) is 2.83. The van der Waals surface area contributed by atoms with Gasteiger partial charge in [-0.25, -0.2) is 9.97 Å². The minimum absolute atomic E-state index is 0.0936. The number of nitrogens with one attached hydrogen (secondary N) is 1. The Morgan fingerprint density at radius 1 is 1.28 bits per heavy atom. The van der Waals surface area contributed by atoms with Crippen LogP contribution in [-0.2, 0) is 6.54 Å².